The summed E-state index contributed by atoms with van der Waals surface area (Å²) in [6.07, 6.45) is 0.299. The van der Waals surface area contributed by atoms with Crippen molar-refractivity contribution in [3.8, 4) is 5.75 Å². The maximum Gasteiger partial charge on any atom is 0.225 e. The molecule has 0 radical (unpaired) electrons. The van der Waals surface area contributed by atoms with Crippen LogP contribution < -0.4 is 10.1 Å². The van der Waals surface area contributed by atoms with Crippen molar-refractivity contribution in [3.05, 3.63) is 29.8 Å². The summed E-state index contributed by atoms with van der Waals surface area (Å²) in [5.41, 5.74) is 1.04. The number of rotatable bonds is 9. The average molecular weight is 347 g/mol. The largest absolute Gasteiger partial charge is 0.497 e. The second-order valence-corrected chi connectivity index (χ2v) is 6.34. The summed E-state index contributed by atoms with van der Waals surface area (Å²) in [6.45, 7) is 8.66. The highest BCUT2D eigenvalue weighted by Gasteiger charge is 2.34. The Labute approximate surface area is 150 Å². The molecule has 6 nitrogen and oxygen atoms in total. The Bertz CT molecular complexity index is 570. The first-order valence-electron chi connectivity index (χ1n) is 8.98. The normalized spacial score (nSPS) is 17.2. The zero-order chi connectivity index (χ0) is 18.2. The molecule has 0 bridgehead atoms. The maximum atomic E-state index is 12.3. The fraction of sp³-hybridized carbons (Fsp3) is 0.579. The predicted octanol–water partition coefficient (Wildman–Crippen LogP) is 1.50. The maximum absolute atomic E-state index is 12.3. The molecule has 1 atom stereocenters. The van der Waals surface area contributed by atoms with Crippen molar-refractivity contribution in [3.63, 3.8) is 0 Å². The molecule has 0 spiro atoms. The number of methoxy groups -OCH3 is 1. The summed E-state index contributed by atoms with van der Waals surface area (Å²) in [4.78, 5) is 28.5. The molecule has 0 saturated carbocycles. The number of carbonyl (C=O) groups is 2. The van der Waals surface area contributed by atoms with Crippen LogP contribution in [0.2, 0.25) is 0 Å². The van der Waals surface area contributed by atoms with Gasteiger partial charge >= 0.3 is 0 Å². The molecule has 1 aliphatic rings. The van der Waals surface area contributed by atoms with E-state index in [0.29, 0.717) is 26.1 Å². The standard InChI is InChI=1S/C19H29N3O3/c1-4-21(5-2)11-10-20-19(24)16-12-18(23)22(14-16)13-15-6-8-17(25-3)9-7-15/h6-9,16H,4-5,10-14H2,1-3H3,(H,20,24). The van der Waals surface area contributed by atoms with Crippen LogP contribution in [0.15, 0.2) is 24.3 Å². The van der Waals surface area contributed by atoms with Crippen LogP contribution in [0.4, 0.5) is 0 Å². The fourth-order valence-electron chi connectivity index (χ4n) is 3.07. The second kappa shape index (κ2) is 9.42. The van der Waals surface area contributed by atoms with Crippen LogP contribution in [0.25, 0.3) is 0 Å². The van der Waals surface area contributed by atoms with Gasteiger partial charge in [0.2, 0.25) is 11.8 Å². The van der Waals surface area contributed by atoms with Crippen molar-refractivity contribution in [2.45, 2.75) is 26.8 Å². The molecule has 25 heavy (non-hydrogen) atoms. The Balaban J connectivity index is 1.81. The van der Waals surface area contributed by atoms with E-state index in [4.69, 9.17) is 4.74 Å². The molecule has 0 aromatic heterocycles. The molecule has 1 aliphatic heterocycles. The Kier molecular flexibility index (Phi) is 7.25. The number of likely N-dealkylation sites (tertiary alicyclic amines) is 1. The highest BCUT2D eigenvalue weighted by Crippen LogP contribution is 2.21. The van der Waals surface area contributed by atoms with Gasteiger partial charge in [0, 0.05) is 32.6 Å². The Morgan fingerprint density at radius 3 is 2.56 bits per heavy atom. The lowest BCUT2D eigenvalue weighted by Crippen LogP contribution is -2.38. The van der Waals surface area contributed by atoms with Crippen molar-refractivity contribution in [1.29, 1.82) is 0 Å². The van der Waals surface area contributed by atoms with E-state index in [1.54, 1.807) is 12.0 Å². The van der Waals surface area contributed by atoms with Crippen LogP contribution in [0.5, 0.6) is 5.75 Å². The van der Waals surface area contributed by atoms with Crippen LogP contribution in [-0.2, 0) is 16.1 Å². The van der Waals surface area contributed by atoms with Crippen molar-refractivity contribution in [2.24, 2.45) is 5.92 Å². The molecule has 138 valence electrons. The first-order chi connectivity index (χ1) is 12.1. The van der Waals surface area contributed by atoms with Gasteiger partial charge in [-0.15, -0.1) is 0 Å². The summed E-state index contributed by atoms with van der Waals surface area (Å²) in [5.74, 6) is 0.571. The number of likely N-dealkylation sites (N-methyl/N-ethyl adjacent to an activating group) is 1. The topological polar surface area (TPSA) is 61.9 Å². The molecule has 6 heteroatoms. The minimum atomic E-state index is -0.248. The molecular formula is C19H29N3O3. The predicted molar refractivity (Wildman–Crippen MR) is 97.3 cm³/mol. The van der Waals surface area contributed by atoms with Crippen LogP contribution in [-0.4, -0.2) is 61.4 Å². The second-order valence-electron chi connectivity index (χ2n) is 6.34. The number of ether oxygens (including phenoxy) is 1. The molecule has 1 unspecified atom stereocenters. The molecule has 0 aliphatic carbocycles. The first-order valence-corrected chi connectivity index (χ1v) is 8.98. The first kappa shape index (κ1) is 19.2. The van der Waals surface area contributed by atoms with Gasteiger partial charge in [0.05, 0.1) is 13.0 Å². The van der Waals surface area contributed by atoms with Gasteiger partial charge in [0.25, 0.3) is 0 Å². The lowest BCUT2D eigenvalue weighted by Gasteiger charge is -2.19. The number of hydrogen-bond donors (Lipinski definition) is 1. The van der Waals surface area contributed by atoms with E-state index in [-0.39, 0.29) is 17.7 Å². The lowest BCUT2D eigenvalue weighted by molar-refractivity contribution is -0.129. The van der Waals surface area contributed by atoms with Crippen LogP contribution in [0, 0.1) is 5.92 Å². The summed E-state index contributed by atoms with van der Waals surface area (Å²) in [5, 5.41) is 2.97. The van der Waals surface area contributed by atoms with Crippen molar-refractivity contribution < 1.29 is 14.3 Å². The fourth-order valence-corrected chi connectivity index (χ4v) is 3.07. The quantitative estimate of drug-likeness (QED) is 0.735. The minimum absolute atomic E-state index is 0.0160. The van der Waals surface area contributed by atoms with Crippen LogP contribution >= 0.6 is 0 Å². The van der Waals surface area contributed by atoms with Gasteiger partial charge in [-0.1, -0.05) is 26.0 Å². The monoisotopic (exact) mass is 347 g/mol. The van der Waals surface area contributed by atoms with Gasteiger partial charge in [-0.25, -0.2) is 0 Å². The van der Waals surface area contributed by atoms with Gasteiger partial charge in [-0.05, 0) is 30.8 Å². The molecule has 1 aromatic rings. The number of hydrogen-bond acceptors (Lipinski definition) is 4. The van der Waals surface area contributed by atoms with E-state index >= 15 is 0 Å². The van der Waals surface area contributed by atoms with Crippen molar-refractivity contribution in [1.82, 2.24) is 15.1 Å². The Morgan fingerprint density at radius 2 is 1.96 bits per heavy atom. The molecule has 1 aromatic carbocycles. The summed E-state index contributed by atoms with van der Waals surface area (Å²) in [6, 6.07) is 7.66. The Morgan fingerprint density at radius 1 is 1.28 bits per heavy atom. The number of amides is 2. The number of benzene rings is 1. The van der Waals surface area contributed by atoms with Crippen molar-refractivity contribution in [2.75, 3.05) is 39.8 Å². The summed E-state index contributed by atoms with van der Waals surface area (Å²) < 4.78 is 5.14. The van der Waals surface area contributed by atoms with Gasteiger partial charge in [0.15, 0.2) is 0 Å². The summed E-state index contributed by atoms with van der Waals surface area (Å²) >= 11 is 0. The van der Waals surface area contributed by atoms with E-state index in [2.05, 4.69) is 24.1 Å². The SMILES string of the molecule is CCN(CC)CCNC(=O)C1CC(=O)N(Cc2ccc(OC)cc2)C1. The number of carbonyl (C=O) groups excluding carboxylic acids is 2. The highest BCUT2D eigenvalue weighted by molar-refractivity contribution is 5.89. The molecular weight excluding hydrogens is 318 g/mol. The minimum Gasteiger partial charge on any atom is -0.497 e. The lowest BCUT2D eigenvalue weighted by atomic mass is 10.1. The van der Waals surface area contributed by atoms with Gasteiger partial charge in [0.1, 0.15) is 5.75 Å². The third kappa shape index (κ3) is 5.46. The number of nitrogens with one attached hydrogen (secondary N) is 1. The molecule has 1 fully saturated rings. The van der Waals surface area contributed by atoms with Crippen LogP contribution in [0.1, 0.15) is 25.8 Å². The molecule has 2 amide bonds. The zero-order valence-electron chi connectivity index (χ0n) is 15.5. The summed E-state index contributed by atoms with van der Waals surface area (Å²) in [7, 11) is 1.63. The third-order valence-corrected chi connectivity index (χ3v) is 4.74. The Hall–Kier alpha value is -2.08. The molecule has 1 saturated heterocycles. The van der Waals surface area contributed by atoms with E-state index in [9.17, 15) is 9.59 Å². The van der Waals surface area contributed by atoms with Crippen molar-refractivity contribution >= 4 is 11.8 Å². The van der Waals surface area contributed by atoms with E-state index in [1.807, 2.05) is 24.3 Å². The van der Waals surface area contributed by atoms with Crippen LogP contribution in [0.3, 0.4) is 0 Å². The average Bonchev–Trinajstić information content (AvgIpc) is 3.00. The number of nitrogens with zero attached hydrogens (tertiary/aromatic N) is 2. The van der Waals surface area contributed by atoms with E-state index in [1.165, 1.54) is 0 Å². The van der Waals surface area contributed by atoms with Gasteiger partial charge < -0.3 is 19.9 Å². The van der Waals surface area contributed by atoms with Gasteiger partial charge in [-0.3, -0.25) is 9.59 Å². The zero-order valence-corrected chi connectivity index (χ0v) is 15.5. The molecule has 1 N–H and O–H groups in total. The highest BCUT2D eigenvalue weighted by atomic mass is 16.5. The van der Waals surface area contributed by atoms with E-state index in [0.717, 1.165) is 30.9 Å². The van der Waals surface area contributed by atoms with E-state index < -0.39 is 0 Å². The third-order valence-electron chi connectivity index (χ3n) is 4.74. The van der Waals surface area contributed by atoms with Gasteiger partial charge in [-0.2, -0.15) is 0 Å². The smallest absolute Gasteiger partial charge is 0.225 e. The molecule has 2 rings (SSSR count). The molecule has 1 heterocycles.